The lowest BCUT2D eigenvalue weighted by Gasteiger charge is -2.18. The number of hydrazine groups is 1. The Labute approximate surface area is 121 Å². The number of nitrogens with one attached hydrogen (secondary N) is 1. The predicted molar refractivity (Wildman–Crippen MR) is 76.3 cm³/mol. The maximum absolute atomic E-state index is 13.5. The van der Waals surface area contributed by atoms with Gasteiger partial charge in [-0.2, -0.15) is 0 Å². The van der Waals surface area contributed by atoms with E-state index in [2.05, 4.69) is 5.43 Å². The molecule has 0 radical (unpaired) electrons. The van der Waals surface area contributed by atoms with Gasteiger partial charge in [-0.3, -0.25) is 11.3 Å². The van der Waals surface area contributed by atoms with Crippen molar-refractivity contribution >= 4 is 11.6 Å². The van der Waals surface area contributed by atoms with Gasteiger partial charge in [0.05, 0.1) is 11.1 Å². The van der Waals surface area contributed by atoms with Crippen LogP contribution in [0.25, 0.3) is 0 Å². The van der Waals surface area contributed by atoms with Crippen molar-refractivity contribution in [3.05, 3.63) is 69.7 Å². The quantitative estimate of drug-likeness (QED) is 0.667. The van der Waals surface area contributed by atoms with Crippen LogP contribution in [-0.2, 0) is 6.42 Å². The summed E-state index contributed by atoms with van der Waals surface area (Å²) in [6.45, 7) is 1.80. The summed E-state index contributed by atoms with van der Waals surface area (Å²) < 4.78 is 26.9. The van der Waals surface area contributed by atoms with Crippen LogP contribution in [0.4, 0.5) is 8.78 Å². The Kier molecular flexibility index (Phi) is 4.70. The van der Waals surface area contributed by atoms with Gasteiger partial charge < -0.3 is 0 Å². The average Bonchev–Trinajstić information content (AvgIpc) is 2.39. The van der Waals surface area contributed by atoms with Crippen molar-refractivity contribution in [1.29, 1.82) is 0 Å². The van der Waals surface area contributed by atoms with Crippen LogP contribution in [0, 0.1) is 18.6 Å². The smallest absolute Gasteiger partial charge is 0.142 e. The fourth-order valence-electron chi connectivity index (χ4n) is 2.16. The van der Waals surface area contributed by atoms with Gasteiger partial charge in [-0.15, -0.1) is 0 Å². The molecular formula is C15H15ClF2N2. The van der Waals surface area contributed by atoms with Crippen molar-refractivity contribution in [2.75, 3.05) is 0 Å². The highest BCUT2D eigenvalue weighted by atomic mass is 35.5. The van der Waals surface area contributed by atoms with E-state index in [-0.39, 0.29) is 16.9 Å². The summed E-state index contributed by atoms with van der Waals surface area (Å²) in [5, 5.41) is 0.0703. The summed E-state index contributed by atoms with van der Waals surface area (Å²) in [4.78, 5) is 0. The molecule has 3 N–H and O–H groups in total. The van der Waals surface area contributed by atoms with Gasteiger partial charge in [-0.1, -0.05) is 29.8 Å². The first-order valence-corrected chi connectivity index (χ1v) is 6.55. The molecule has 20 heavy (non-hydrogen) atoms. The first-order valence-electron chi connectivity index (χ1n) is 6.17. The number of halogens is 3. The molecular weight excluding hydrogens is 282 g/mol. The van der Waals surface area contributed by atoms with Crippen LogP contribution in [-0.4, -0.2) is 0 Å². The van der Waals surface area contributed by atoms with Gasteiger partial charge >= 0.3 is 0 Å². The SMILES string of the molecule is Cc1cc(F)cc(C(Cc2cccc(F)c2Cl)NN)c1. The average molecular weight is 297 g/mol. The molecule has 0 amide bonds. The van der Waals surface area contributed by atoms with Crippen LogP contribution < -0.4 is 11.3 Å². The molecule has 0 aliphatic carbocycles. The molecule has 2 nitrogen and oxygen atoms in total. The van der Waals surface area contributed by atoms with Crippen molar-refractivity contribution in [2.45, 2.75) is 19.4 Å². The zero-order valence-electron chi connectivity index (χ0n) is 11.0. The Balaban J connectivity index is 2.31. The molecule has 2 aromatic rings. The van der Waals surface area contributed by atoms with Gasteiger partial charge in [0, 0.05) is 0 Å². The third-order valence-electron chi connectivity index (χ3n) is 3.12. The van der Waals surface area contributed by atoms with Crippen molar-refractivity contribution < 1.29 is 8.78 Å². The van der Waals surface area contributed by atoms with E-state index >= 15 is 0 Å². The maximum atomic E-state index is 13.5. The van der Waals surface area contributed by atoms with Crippen molar-refractivity contribution in [3.8, 4) is 0 Å². The molecule has 0 heterocycles. The Hall–Kier alpha value is -1.49. The predicted octanol–water partition coefficient (Wildman–Crippen LogP) is 3.67. The van der Waals surface area contributed by atoms with Gasteiger partial charge in [0.2, 0.25) is 0 Å². The van der Waals surface area contributed by atoms with Gasteiger partial charge in [0.1, 0.15) is 11.6 Å². The van der Waals surface area contributed by atoms with E-state index in [0.29, 0.717) is 17.5 Å². The number of hydrogen-bond acceptors (Lipinski definition) is 2. The standard InChI is InChI=1S/C15H15ClF2N2/c1-9-5-11(7-12(17)6-9)14(20-19)8-10-3-2-4-13(18)15(10)16/h2-7,14,20H,8,19H2,1H3. The number of rotatable bonds is 4. The summed E-state index contributed by atoms with van der Waals surface area (Å²) in [5.74, 6) is 4.73. The summed E-state index contributed by atoms with van der Waals surface area (Å²) in [5.41, 5.74) is 4.74. The minimum Gasteiger partial charge on any atom is -0.271 e. The van der Waals surface area contributed by atoms with Crippen LogP contribution in [0.5, 0.6) is 0 Å². The number of hydrogen-bond donors (Lipinski definition) is 2. The van der Waals surface area contributed by atoms with Crippen LogP contribution in [0.2, 0.25) is 5.02 Å². The molecule has 0 aromatic heterocycles. The number of nitrogens with two attached hydrogens (primary N) is 1. The van der Waals surface area contributed by atoms with E-state index in [9.17, 15) is 8.78 Å². The van der Waals surface area contributed by atoms with Crippen LogP contribution in [0.15, 0.2) is 36.4 Å². The second-order valence-corrected chi connectivity index (χ2v) is 5.08. The van der Waals surface area contributed by atoms with E-state index < -0.39 is 5.82 Å². The fraction of sp³-hybridized carbons (Fsp3) is 0.200. The third-order valence-corrected chi connectivity index (χ3v) is 3.55. The Morgan fingerprint density at radius 2 is 2.00 bits per heavy atom. The zero-order valence-corrected chi connectivity index (χ0v) is 11.7. The highest BCUT2D eigenvalue weighted by Crippen LogP contribution is 2.26. The normalized spacial score (nSPS) is 12.4. The summed E-state index contributed by atoms with van der Waals surface area (Å²) >= 11 is 5.93. The van der Waals surface area contributed by atoms with E-state index in [1.165, 1.54) is 18.2 Å². The van der Waals surface area contributed by atoms with Gasteiger partial charge in [0.25, 0.3) is 0 Å². The van der Waals surface area contributed by atoms with Crippen LogP contribution >= 0.6 is 11.6 Å². The molecule has 0 spiro atoms. The topological polar surface area (TPSA) is 38.0 Å². The van der Waals surface area contributed by atoms with Crippen LogP contribution in [0.1, 0.15) is 22.7 Å². The first kappa shape index (κ1) is 14.9. The molecule has 0 fully saturated rings. The molecule has 0 saturated carbocycles. The molecule has 1 unspecified atom stereocenters. The lowest BCUT2D eigenvalue weighted by Crippen LogP contribution is -2.29. The van der Waals surface area contributed by atoms with E-state index in [1.807, 2.05) is 6.07 Å². The molecule has 2 aromatic carbocycles. The molecule has 0 bridgehead atoms. The van der Waals surface area contributed by atoms with Crippen molar-refractivity contribution in [2.24, 2.45) is 5.84 Å². The first-order chi connectivity index (χ1) is 9.51. The number of aryl methyl sites for hydroxylation is 1. The maximum Gasteiger partial charge on any atom is 0.142 e. The van der Waals surface area contributed by atoms with Crippen molar-refractivity contribution in [1.82, 2.24) is 5.43 Å². The molecule has 2 rings (SSSR count). The lowest BCUT2D eigenvalue weighted by molar-refractivity contribution is 0.541. The molecule has 0 aliphatic heterocycles. The fourth-order valence-corrected chi connectivity index (χ4v) is 2.37. The Bertz CT molecular complexity index is 597. The van der Waals surface area contributed by atoms with Crippen LogP contribution in [0.3, 0.4) is 0 Å². The number of benzene rings is 2. The third kappa shape index (κ3) is 3.33. The molecule has 1 atom stereocenters. The highest BCUT2D eigenvalue weighted by molar-refractivity contribution is 6.31. The summed E-state index contributed by atoms with van der Waals surface area (Å²) in [7, 11) is 0. The highest BCUT2D eigenvalue weighted by Gasteiger charge is 2.15. The minimum atomic E-state index is -0.477. The summed E-state index contributed by atoms with van der Waals surface area (Å²) in [6.07, 6.45) is 0.371. The second-order valence-electron chi connectivity index (χ2n) is 4.70. The molecule has 0 aliphatic rings. The minimum absolute atomic E-state index is 0.0703. The Morgan fingerprint density at radius 1 is 1.25 bits per heavy atom. The van der Waals surface area contributed by atoms with Crippen molar-refractivity contribution in [3.63, 3.8) is 0 Å². The lowest BCUT2D eigenvalue weighted by atomic mass is 9.98. The molecule has 106 valence electrons. The van der Waals surface area contributed by atoms with Gasteiger partial charge in [0.15, 0.2) is 0 Å². The van der Waals surface area contributed by atoms with Gasteiger partial charge in [-0.05, 0) is 48.2 Å². The zero-order chi connectivity index (χ0) is 14.7. The second kappa shape index (κ2) is 6.31. The Morgan fingerprint density at radius 3 is 2.65 bits per heavy atom. The monoisotopic (exact) mass is 296 g/mol. The molecule has 5 heteroatoms. The largest absolute Gasteiger partial charge is 0.271 e. The van der Waals surface area contributed by atoms with E-state index in [1.54, 1.807) is 19.1 Å². The van der Waals surface area contributed by atoms with E-state index in [4.69, 9.17) is 17.4 Å². The summed E-state index contributed by atoms with van der Waals surface area (Å²) in [6, 6.07) is 8.94. The van der Waals surface area contributed by atoms with Gasteiger partial charge in [-0.25, -0.2) is 8.78 Å². The van der Waals surface area contributed by atoms with E-state index in [0.717, 1.165) is 5.56 Å². The molecule has 0 saturated heterocycles.